The molecule has 7 nitrogen and oxygen atoms in total. The molecule has 0 bridgehead atoms. The summed E-state index contributed by atoms with van der Waals surface area (Å²) in [7, 11) is -2.34. The topological polar surface area (TPSA) is 107 Å². The second-order valence-electron chi connectivity index (χ2n) is 12.5. The number of hydrogen-bond acceptors (Lipinski definition) is 5. The Morgan fingerprint density at radius 2 is 1.62 bits per heavy atom. The van der Waals surface area contributed by atoms with Crippen LogP contribution in [-0.2, 0) is 34.1 Å². The number of nitrogens with zero attached hydrogens (tertiary/aromatic N) is 1. The van der Waals surface area contributed by atoms with Gasteiger partial charge in [-0.15, -0.1) is 0 Å². The zero-order valence-electron chi connectivity index (χ0n) is 25.4. The fourth-order valence-corrected chi connectivity index (χ4v) is 7.50. The lowest BCUT2D eigenvalue weighted by Gasteiger charge is -2.31. The molecule has 0 saturated heterocycles. The maximum absolute atomic E-state index is 13.5. The summed E-state index contributed by atoms with van der Waals surface area (Å²) in [5.41, 5.74) is 7.25. The first-order chi connectivity index (χ1) is 19.7. The maximum Gasteiger partial charge on any atom is 0.303 e. The van der Waals surface area contributed by atoms with Crippen molar-refractivity contribution in [1.29, 1.82) is 0 Å². The molecule has 3 aromatic carbocycles. The molecule has 0 spiro atoms. The number of aliphatic carboxylic acids is 1. The lowest BCUT2D eigenvalue weighted by atomic mass is 9.88. The van der Waals surface area contributed by atoms with Gasteiger partial charge in [0.2, 0.25) is 10.0 Å². The van der Waals surface area contributed by atoms with E-state index in [0.717, 1.165) is 47.1 Å². The smallest absolute Gasteiger partial charge is 0.303 e. The number of likely N-dealkylation sites (N-methyl/N-ethyl adjacent to an activating group) is 1. The van der Waals surface area contributed by atoms with Gasteiger partial charge in [-0.25, -0.2) is 8.42 Å². The standard InChI is InChI=1S/C34H44N2O5S/c1-23-15-29(16-24(2)32(23)13-14-33(38)39)28-11-8-12-31(19-28)42(40,41)36(5)22-30(37)21-35-34(3,4)20-25-17-26-9-6-7-10-27(26)18-25/h6-12,15-16,19,25,30,35,37H,13-14,17-18,20-22H2,1-5H3,(H,38,39)/t30-/m1/s1. The normalized spacial score (nSPS) is 14.7. The Labute approximate surface area is 250 Å². The van der Waals surface area contributed by atoms with E-state index in [0.29, 0.717) is 18.9 Å². The largest absolute Gasteiger partial charge is 0.481 e. The predicted octanol–water partition coefficient (Wildman–Crippen LogP) is 5.14. The van der Waals surface area contributed by atoms with E-state index in [1.165, 1.54) is 22.5 Å². The lowest BCUT2D eigenvalue weighted by Crippen LogP contribution is -2.47. The Balaban J connectivity index is 1.37. The van der Waals surface area contributed by atoms with E-state index in [9.17, 15) is 18.3 Å². The number of nitrogens with one attached hydrogen (secondary N) is 1. The van der Waals surface area contributed by atoms with Crippen LogP contribution in [0.3, 0.4) is 0 Å². The first-order valence-corrected chi connectivity index (χ1v) is 16.1. The van der Waals surface area contributed by atoms with Gasteiger partial charge in [0.25, 0.3) is 0 Å². The highest BCUT2D eigenvalue weighted by Gasteiger charge is 2.29. The molecular formula is C34H44N2O5S. The molecular weight excluding hydrogens is 548 g/mol. The highest BCUT2D eigenvalue weighted by Crippen LogP contribution is 2.32. The van der Waals surface area contributed by atoms with Crippen molar-refractivity contribution in [3.8, 4) is 11.1 Å². The summed E-state index contributed by atoms with van der Waals surface area (Å²) in [6.07, 6.45) is 2.76. The number of sulfonamides is 1. The van der Waals surface area contributed by atoms with Gasteiger partial charge in [-0.2, -0.15) is 4.31 Å². The minimum absolute atomic E-state index is 0.0268. The molecule has 8 heteroatoms. The van der Waals surface area contributed by atoms with Crippen LogP contribution in [-0.4, -0.2) is 60.7 Å². The van der Waals surface area contributed by atoms with Crippen LogP contribution in [0.25, 0.3) is 11.1 Å². The molecule has 42 heavy (non-hydrogen) atoms. The molecule has 0 unspecified atom stereocenters. The van der Waals surface area contributed by atoms with E-state index in [1.807, 2.05) is 32.0 Å². The van der Waals surface area contributed by atoms with Gasteiger partial charge >= 0.3 is 5.97 Å². The van der Waals surface area contributed by atoms with Crippen molar-refractivity contribution in [2.45, 2.75) is 76.3 Å². The van der Waals surface area contributed by atoms with Crippen LogP contribution >= 0.6 is 0 Å². The molecule has 0 heterocycles. The van der Waals surface area contributed by atoms with Crippen molar-refractivity contribution >= 4 is 16.0 Å². The van der Waals surface area contributed by atoms with Crippen molar-refractivity contribution in [1.82, 2.24) is 9.62 Å². The molecule has 0 radical (unpaired) electrons. The van der Waals surface area contributed by atoms with Crippen molar-refractivity contribution < 1.29 is 23.4 Å². The van der Waals surface area contributed by atoms with Crippen LogP contribution in [0.4, 0.5) is 0 Å². The minimum atomic E-state index is -3.83. The van der Waals surface area contributed by atoms with Crippen LogP contribution in [0.15, 0.2) is 65.6 Å². The van der Waals surface area contributed by atoms with Gasteiger partial charge in [-0.3, -0.25) is 4.79 Å². The minimum Gasteiger partial charge on any atom is -0.481 e. The van der Waals surface area contributed by atoms with Gasteiger partial charge in [0.1, 0.15) is 0 Å². The molecule has 226 valence electrons. The molecule has 4 rings (SSSR count). The molecule has 3 N–H and O–H groups in total. The Bertz CT molecular complexity index is 1480. The van der Waals surface area contributed by atoms with Crippen molar-refractivity contribution in [3.63, 3.8) is 0 Å². The molecule has 0 fully saturated rings. The molecule has 0 aliphatic heterocycles. The highest BCUT2D eigenvalue weighted by molar-refractivity contribution is 7.89. The Hall–Kier alpha value is -3.04. The van der Waals surface area contributed by atoms with Crippen LogP contribution in [0.1, 0.15) is 54.5 Å². The number of carboxylic acids is 1. The first-order valence-electron chi connectivity index (χ1n) is 14.6. The Morgan fingerprint density at radius 1 is 1.00 bits per heavy atom. The number of fused-ring (bicyclic) bond motifs is 1. The average molecular weight is 593 g/mol. The predicted molar refractivity (Wildman–Crippen MR) is 167 cm³/mol. The lowest BCUT2D eigenvalue weighted by molar-refractivity contribution is -0.136. The summed E-state index contributed by atoms with van der Waals surface area (Å²) in [6.45, 7) is 8.44. The second-order valence-corrected chi connectivity index (χ2v) is 14.5. The number of aryl methyl sites for hydroxylation is 2. The van der Waals surface area contributed by atoms with E-state index in [4.69, 9.17) is 5.11 Å². The van der Waals surface area contributed by atoms with Gasteiger partial charge < -0.3 is 15.5 Å². The van der Waals surface area contributed by atoms with E-state index in [1.54, 1.807) is 18.2 Å². The summed E-state index contributed by atoms with van der Waals surface area (Å²) in [5.74, 6) is -0.286. The van der Waals surface area contributed by atoms with Crippen molar-refractivity contribution in [2.24, 2.45) is 5.92 Å². The fourth-order valence-electron chi connectivity index (χ4n) is 6.24. The monoisotopic (exact) mass is 592 g/mol. The van der Waals surface area contributed by atoms with Crippen molar-refractivity contribution in [2.75, 3.05) is 20.1 Å². The van der Waals surface area contributed by atoms with Crippen LogP contribution < -0.4 is 5.32 Å². The van der Waals surface area contributed by atoms with Crippen molar-refractivity contribution in [3.05, 3.63) is 88.5 Å². The molecule has 1 aliphatic carbocycles. The van der Waals surface area contributed by atoms with E-state index in [-0.39, 0.29) is 23.4 Å². The maximum atomic E-state index is 13.5. The zero-order valence-corrected chi connectivity index (χ0v) is 26.2. The second kappa shape index (κ2) is 13.1. The number of rotatable bonds is 13. The number of carbonyl (C=O) groups is 1. The van der Waals surface area contributed by atoms with Crippen LogP contribution in [0, 0.1) is 19.8 Å². The van der Waals surface area contributed by atoms with E-state index < -0.39 is 22.1 Å². The molecule has 0 amide bonds. The zero-order chi connectivity index (χ0) is 30.7. The first kappa shape index (κ1) is 31.9. The van der Waals surface area contributed by atoms with Gasteiger partial charge in [0.05, 0.1) is 11.0 Å². The van der Waals surface area contributed by atoms with Crippen LogP contribution in [0.2, 0.25) is 0 Å². The van der Waals surface area contributed by atoms with Crippen LogP contribution in [0.5, 0.6) is 0 Å². The number of aliphatic hydroxyl groups excluding tert-OH is 1. The summed E-state index contributed by atoms with van der Waals surface area (Å²) in [4.78, 5) is 11.2. The Kier molecular flexibility index (Phi) is 9.93. The van der Waals surface area contributed by atoms with E-state index >= 15 is 0 Å². The number of hydrogen-bond donors (Lipinski definition) is 3. The molecule has 3 aromatic rings. The third-order valence-electron chi connectivity index (χ3n) is 8.38. The summed E-state index contributed by atoms with van der Waals surface area (Å²) < 4.78 is 28.1. The molecule has 1 aliphatic rings. The highest BCUT2D eigenvalue weighted by atomic mass is 32.2. The molecule has 0 saturated carbocycles. The SMILES string of the molecule is Cc1cc(-c2cccc(S(=O)(=O)N(C)C[C@H](O)CNC(C)(C)CC3Cc4ccccc4C3)c2)cc(C)c1CCC(=O)O. The quantitative estimate of drug-likeness (QED) is 0.254. The molecule has 0 aromatic heterocycles. The number of β-amino-alcohol motifs (C(OH)–C–C–N with tert-alkyl or cyclic N) is 1. The molecule has 1 atom stereocenters. The third-order valence-corrected chi connectivity index (χ3v) is 10.2. The van der Waals surface area contributed by atoms with Gasteiger partial charge in [-0.05, 0) is 110 Å². The van der Waals surface area contributed by atoms with Gasteiger partial charge in [0.15, 0.2) is 0 Å². The Morgan fingerprint density at radius 3 is 2.21 bits per heavy atom. The summed E-state index contributed by atoms with van der Waals surface area (Å²) in [5, 5.41) is 23.3. The van der Waals surface area contributed by atoms with Gasteiger partial charge in [0, 0.05) is 32.1 Å². The number of carboxylic acid groups (broad SMARTS) is 1. The van der Waals surface area contributed by atoms with E-state index in [2.05, 4.69) is 43.4 Å². The number of aliphatic hydroxyl groups is 1. The van der Waals surface area contributed by atoms with Gasteiger partial charge in [-0.1, -0.05) is 48.5 Å². The summed E-state index contributed by atoms with van der Waals surface area (Å²) in [6, 6.07) is 19.4. The average Bonchev–Trinajstić information content (AvgIpc) is 3.33. The third kappa shape index (κ3) is 7.86. The summed E-state index contributed by atoms with van der Waals surface area (Å²) >= 11 is 0. The fraction of sp³-hybridized carbons (Fsp3) is 0.441. The number of benzene rings is 3.